The SMILES string of the molecule is COC(=O)C1=C(CN2C3COCC2CC(CC(=O)O)C3)NC(c2nccs2)=N[C@H]1c1ccc(F)cc1Cl. The lowest BCUT2D eigenvalue weighted by molar-refractivity contribution is -0.141. The van der Waals surface area contributed by atoms with Crippen LogP contribution in [-0.4, -0.2) is 71.7 Å². The Morgan fingerprint density at radius 3 is 2.70 bits per heavy atom. The van der Waals surface area contributed by atoms with Crippen LogP contribution in [0.4, 0.5) is 4.39 Å². The first-order valence-electron chi connectivity index (χ1n) is 11.9. The number of nitrogens with zero attached hydrogens (tertiary/aromatic N) is 3. The topological polar surface area (TPSA) is 113 Å². The van der Waals surface area contributed by atoms with Gasteiger partial charge in [-0.3, -0.25) is 14.7 Å². The van der Waals surface area contributed by atoms with Crippen LogP contribution >= 0.6 is 22.9 Å². The molecule has 0 amide bonds. The summed E-state index contributed by atoms with van der Waals surface area (Å²) in [5, 5.41) is 15.2. The number of aliphatic imine (C=N–C) groups is 1. The fourth-order valence-electron chi connectivity index (χ4n) is 5.42. The quantitative estimate of drug-likeness (QED) is 0.506. The number of aliphatic carboxylic acids is 1. The van der Waals surface area contributed by atoms with Gasteiger partial charge in [-0.15, -0.1) is 11.3 Å². The predicted molar refractivity (Wildman–Crippen MR) is 135 cm³/mol. The number of thiazole rings is 1. The number of nitrogens with one attached hydrogen (secondary N) is 1. The smallest absolute Gasteiger partial charge is 0.338 e. The number of esters is 1. The number of rotatable bonds is 7. The zero-order valence-corrected chi connectivity index (χ0v) is 21.6. The summed E-state index contributed by atoms with van der Waals surface area (Å²) in [5.41, 5.74) is 1.34. The summed E-state index contributed by atoms with van der Waals surface area (Å²) in [6.07, 6.45) is 3.16. The molecular formula is C25H26ClFN4O5S. The van der Waals surface area contributed by atoms with Crippen LogP contribution in [-0.2, 0) is 19.1 Å². The zero-order valence-electron chi connectivity index (χ0n) is 20.0. The lowest BCUT2D eigenvalue weighted by Crippen LogP contribution is -2.58. The molecule has 4 heterocycles. The maximum absolute atomic E-state index is 13.9. The maximum Gasteiger partial charge on any atom is 0.338 e. The van der Waals surface area contributed by atoms with Crippen molar-refractivity contribution < 1.29 is 28.6 Å². The Kier molecular flexibility index (Phi) is 7.57. The van der Waals surface area contributed by atoms with Crippen molar-refractivity contribution in [3.05, 3.63) is 62.5 Å². The average Bonchev–Trinajstić information content (AvgIpc) is 3.38. The summed E-state index contributed by atoms with van der Waals surface area (Å²) in [4.78, 5) is 35.9. The summed E-state index contributed by atoms with van der Waals surface area (Å²) < 4.78 is 24.8. The van der Waals surface area contributed by atoms with Gasteiger partial charge in [0.25, 0.3) is 0 Å². The van der Waals surface area contributed by atoms with E-state index >= 15 is 0 Å². The number of carbonyl (C=O) groups is 2. The molecular weight excluding hydrogens is 523 g/mol. The van der Waals surface area contributed by atoms with E-state index < -0.39 is 23.8 Å². The Hall–Kier alpha value is -2.86. The number of ether oxygens (including phenoxy) is 2. The molecule has 2 fully saturated rings. The van der Waals surface area contributed by atoms with E-state index in [2.05, 4.69) is 15.2 Å². The number of piperidine rings is 1. The van der Waals surface area contributed by atoms with Crippen molar-refractivity contribution in [3.8, 4) is 0 Å². The van der Waals surface area contributed by atoms with Crippen LogP contribution < -0.4 is 5.32 Å². The number of halogens is 2. The highest BCUT2D eigenvalue weighted by molar-refractivity contribution is 7.11. The fraction of sp³-hybridized carbons (Fsp3) is 0.440. The molecule has 1 aromatic heterocycles. The number of amidine groups is 1. The number of morpholine rings is 1. The highest BCUT2D eigenvalue weighted by Gasteiger charge is 2.42. The van der Waals surface area contributed by atoms with Crippen LogP contribution in [0.2, 0.25) is 5.02 Å². The minimum atomic E-state index is -0.837. The van der Waals surface area contributed by atoms with Gasteiger partial charge >= 0.3 is 11.9 Å². The van der Waals surface area contributed by atoms with E-state index in [-0.39, 0.29) is 35.0 Å². The molecule has 3 aliphatic rings. The van der Waals surface area contributed by atoms with Crippen molar-refractivity contribution in [1.82, 2.24) is 15.2 Å². The summed E-state index contributed by atoms with van der Waals surface area (Å²) in [6.45, 7) is 1.32. The van der Waals surface area contributed by atoms with Crippen molar-refractivity contribution in [2.24, 2.45) is 10.9 Å². The molecule has 2 unspecified atom stereocenters. The molecule has 0 aliphatic carbocycles. The fourth-order valence-corrected chi connectivity index (χ4v) is 6.28. The number of hydrogen-bond acceptors (Lipinski definition) is 9. The van der Waals surface area contributed by atoms with E-state index in [1.807, 2.05) is 5.38 Å². The summed E-state index contributed by atoms with van der Waals surface area (Å²) >= 11 is 7.83. The first-order chi connectivity index (χ1) is 17.8. The number of methoxy groups -OCH3 is 1. The zero-order chi connectivity index (χ0) is 26.1. The molecule has 37 heavy (non-hydrogen) atoms. The highest BCUT2D eigenvalue weighted by Crippen LogP contribution is 2.39. The summed E-state index contributed by atoms with van der Waals surface area (Å²) in [7, 11) is 1.30. The average molecular weight is 549 g/mol. The Morgan fingerprint density at radius 1 is 1.32 bits per heavy atom. The third-order valence-corrected chi connectivity index (χ3v) is 8.10. The summed E-state index contributed by atoms with van der Waals surface area (Å²) in [6, 6.07) is 3.17. The first kappa shape index (κ1) is 25.8. The molecule has 0 spiro atoms. The Morgan fingerprint density at radius 2 is 2.08 bits per heavy atom. The number of carboxylic acid groups (broad SMARTS) is 1. The third kappa shape index (κ3) is 5.40. The van der Waals surface area contributed by atoms with Crippen molar-refractivity contribution in [2.75, 3.05) is 26.9 Å². The second kappa shape index (κ2) is 10.9. The second-order valence-electron chi connectivity index (χ2n) is 9.34. The van der Waals surface area contributed by atoms with Gasteiger partial charge in [0.1, 0.15) is 11.9 Å². The lowest BCUT2D eigenvalue weighted by Gasteiger charge is -2.49. The van der Waals surface area contributed by atoms with E-state index in [1.54, 1.807) is 6.20 Å². The highest BCUT2D eigenvalue weighted by atomic mass is 35.5. The molecule has 3 atom stereocenters. The molecule has 3 aliphatic heterocycles. The van der Waals surface area contributed by atoms with Crippen LogP contribution in [0.3, 0.4) is 0 Å². The first-order valence-corrected chi connectivity index (χ1v) is 13.2. The number of fused-ring (bicyclic) bond motifs is 2. The molecule has 0 radical (unpaired) electrons. The Bertz CT molecular complexity index is 1240. The van der Waals surface area contributed by atoms with Crippen LogP contribution in [0.5, 0.6) is 0 Å². The van der Waals surface area contributed by atoms with Gasteiger partial charge in [0.05, 0.1) is 25.9 Å². The largest absolute Gasteiger partial charge is 0.481 e. The predicted octanol–water partition coefficient (Wildman–Crippen LogP) is 3.41. The minimum Gasteiger partial charge on any atom is -0.481 e. The van der Waals surface area contributed by atoms with Crippen LogP contribution in [0.1, 0.15) is 35.9 Å². The molecule has 2 N–H and O–H groups in total. The van der Waals surface area contributed by atoms with E-state index in [1.165, 1.54) is 36.6 Å². The van der Waals surface area contributed by atoms with Crippen LogP contribution in [0.25, 0.3) is 0 Å². The molecule has 2 bridgehead atoms. The van der Waals surface area contributed by atoms with E-state index in [9.17, 15) is 19.1 Å². The van der Waals surface area contributed by atoms with Crippen molar-refractivity contribution >= 4 is 40.7 Å². The lowest BCUT2D eigenvalue weighted by atomic mass is 9.82. The van der Waals surface area contributed by atoms with Crippen molar-refractivity contribution in [2.45, 2.75) is 37.4 Å². The number of carboxylic acids is 1. The Balaban J connectivity index is 1.55. The van der Waals surface area contributed by atoms with Gasteiger partial charge in [-0.1, -0.05) is 17.7 Å². The standard InChI is InChI=1S/C25H26ClFN4O5S/c1-35-25(34)21-19(10-31-15-6-13(8-20(32)33)7-16(31)12-36-11-15)29-23(24-28-4-5-37-24)30-22(21)17-3-2-14(27)9-18(17)26/h2-5,9,13,15-16,22H,6-8,10-12H2,1H3,(H,29,30)(H,32,33)/t13?,15?,16?,22-/m0/s1. The molecule has 196 valence electrons. The maximum atomic E-state index is 13.9. The van der Waals surface area contributed by atoms with Crippen molar-refractivity contribution in [1.29, 1.82) is 0 Å². The van der Waals surface area contributed by atoms with Gasteiger partial charge in [-0.2, -0.15) is 0 Å². The van der Waals surface area contributed by atoms with Gasteiger partial charge in [0.2, 0.25) is 0 Å². The number of hydrogen-bond donors (Lipinski definition) is 2. The molecule has 0 saturated carbocycles. The summed E-state index contributed by atoms with van der Waals surface area (Å²) in [5.74, 6) is -1.32. The minimum absolute atomic E-state index is 0.0000779. The second-order valence-corrected chi connectivity index (χ2v) is 10.6. The van der Waals surface area contributed by atoms with Gasteiger partial charge < -0.3 is 19.9 Å². The van der Waals surface area contributed by atoms with E-state index in [4.69, 9.17) is 26.1 Å². The molecule has 2 aromatic rings. The van der Waals surface area contributed by atoms with Gasteiger partial charge in [0.15, 0.2) is 10.8 Å². The van der Waals surface area contributed by atoms with Gasteiger partial charge in [-0.25, -0.2) is 14.2 Å². The van der Waals surface area contributed by atoms with Crippen LogP contribution in [0.15, 0.2) is 46.0 Å². The monoisotopic (exact) mass is 548 g/mol. The molecule has 1 aromatic carbocycles. The number of carbonyl (C=O) groups excluding carboxylic acids is 1. The number of benzene rings is 1. The molecule has 2 saturated heterocycles. The third-order valence-electron chi connectivity index (χ3n) is 7.00. The number of aromatic nitrogens is 1. The van der Waals surface area contributed by atoms with E-state index in [0.29, 0.717) is 54.7 Å². The molecule has 9 nitrogen and oxygen atoms in total. The molecule has 12 heteroatoms. The van der Waals surface area contributed by atoms with Gasteiger partial charge in [0, 0.05) is 52.9 Å². The van der Waals surface area contributed by atoms with Gasteiger partial charge in [-0.05, 0) is 30.9 Å². The molecule has 5 rings (SSSR count). The van der Waals surface area contributed by atoms with Crippen molar-refractivity contribution in [3.63, 3.8) is 0 Å². The van der Waals surface area contributed by atoms with E-state index in [0.717, 1.165) is 0 Å². The van der Waals surface area contributed by atoms with Crippen LogP contribution in [0, 0.1) is 11.7 Å². The normalized spacial score (nSPS) is 25.9. The Labute approximate surface area is 221 Å².